The summed E-state index contributed by atoms with van der Waals surface area (Å²) in [4.78, 5) is 40.7. The molecule has 2 saturated heterocycles. The van der Waals surface area contributed by atoms with Crippen LogP contribution < -0.4 is 5.73 Å². The molecule has 0 unspecified atom stereocenters. The minimum Gasteiger partial charge on any atom is -0.369 e. The highest BCUT2D eigenvalue weighted by Crippen LogP contribution is 2.30. The number of hydrogen-bond donors (Lipinski definition) is 1. The Labute approximate surface area is 183 Å². The summed E-state index contributed by atoms with van der Waals surface area (Å²) >= 11 is 0. The Morgan fingerprint density at radius 2 is 1.48 bits per heavy atom. The molecule has 0 bridgehead atoms. The number of likely N-dealkylation sites (tertiary alicyclic amines) is 2. The molecule has 0 saturated carbocycles. The molecule has 6 heteroatoms. The molecule has 0 spiro atoms. The van der Waals surface area contributed by atoms with Gasteiger partial charge < -0.3 is 5.73 Å². The van der Waals surface area contributed by atoms with Gasteiger partial charge >= 0.3 is 0 Å². The molecule has 162 valence electrons. The number of rotatable bonds is 7. The molecule has 31 heavy (non-hydrogen) atoms. The van der Waals surface area contributed by atoms with Crippen molar-refractivity contribution in [3.8, 4) is 0 Å². The van der Waals surface area contributed by atoms with Crippen LogP contribution in [0.5, 0.6) is 0 Å². The summed E-state index contributed by atoms with van der Waals surface area (Å²) < 4.78 is 0. The Hall–Kier alpha value is -2.99. The molecule has 0 aliphatic carbocycles. The van der Waals surface area contributed by atoms with Crippen LogP contribution in [0.2, 0.25) is 0 Å². The van der Waals surface area contributed by atoms with Gasteiger partial charge in [0.2, 0.25) is 17.7 Å². The smallest absolute Gasteiger partial charge is 0.247 e. The van der Waals surface area contributed by atoms with E-state index >= 15 is 0 Å². The van der Waals surface area contributed by atoms with Gasteiger partial charge in [-0.05, 0) is 43.5 Å². The predicted octanol–water partition coefficient (Wildman–Crippen LogP) is 2.53. The number of primary amides is 1. The second-order valence-corrected chi connectivity index (χ2v) is 8.48. The number of amides is 3. The van der Waals surface area contributed by atoms with Gasteiger partial charge in [-0.25, -0.2) is 0 Å². The standard InChI is InChI=1S/C25H29N3O3/c26-24(30)20-11-14-27(15-12-20)22-17-23(29)28(25(22)31)16-13-21(18-7-3-1-4-8-18)19-9-5-2-6-10-19/h1-10,20-22H,11-17H2,(H2,26,30)/t22-/m1/s1. The third-order valence-electron chi connectivity index (χ3n) is 6.64. The highest BCUT2D eigenvalue weighted by atomic mass is 16.2. The minimum absolute atomic E-state index is 0.105. The lowest BCUT2D eigenvalue weighted by Gasteiger charge is -2.33. The summed E-state index contributed by atoms with van der Waals surface area (Å²) in [5, 5.41) is 0. The van der Waals surface area contributed by atoms with Crippen LogP contribution in [0.25, 0.3) is 0 Å². The number of carbonyl (C=O) groups excluding carboxylic acids is 3. The van der Waals surface area contributed by atoms with E-state index in [0.29, 0.717) is 38.9 Å². The van der Waals surface area contributed by atoms with Crippen LogP contribution in [0.1, 0.15) is 42.7 Å². The largest absolute Gasteiger partial charge is 0.369 e. The summed E-state index contributed by atoms with van der Waals surface area (Å²) in [6, 6.07) is 20.0. The molecule has 2 aromatic carbocycles. The Morgan fingerprint density at radius 1 is 0.935 bits per heavy atom. The SMILES string of the molecule is NC(=O)C1CCN([C@@H]2CC(=O)N(CCC(c3ccccc3)c3ccccc3)C2=O)CC1. The van der Waals surface area contributed by atoms with Crippen LogP contribution in [0.15, 0.2) is 60.7 Å². The van der Waals surface area contributed by atoms with E-state index in [9.17, 15) is 14.4 Å². The van der Waals surface area contributed by atoms with Crippen LogP contribution in [0.3, 0.4) is 0 Å². The lowest BCUT2D eigenvalue weighted by Crippen LogP contribution is -2.47. The zero-order chi connectivity index (χ0) is 21.8. The second-order valence-electron chi connectivity index (χ2n) is 8.48. The van der Waals surface area contributed by atoms with E-state index in [1.54, 1.807) is 0 Å². The van der Waals surface area contributed by atoms with E-state index in [1.807, 2.05) is 41.3 Å². The maximum Gasteiger partial charge on any atom is 0.247 e. The Bertz CT molecular complexity index is 884. The highest BCUT2D eigenvalue weighted by Gasteiger charge is 2.43. The van der Waals surface area contributed by atoms with Gasteiger partial charge in [-0.1, -0.05) is 60.7 Å². The van der Waals surface area contributed by atoms with Gasteiger partial charge in [0, 0.05) is 18.4 Å². The molecule has 2 heterocycles. The lowest BCUT2D eigenvalue weighted by atomic mass is 9.88. The van der Waals surface area contributed by atoms with E-state index in [-0.39, 0.29) is 36.0 Å². The van der Waals surface area contributed by atoms with Gasteiger partial charge in [0.05, 0.1) is 12.5 Å². The molecule has 1 atom stereocenters. The van der Waals surface area contributed by atoms with Crippen molar-refractivity contribution in [1.82, 2.24) is 9.80 Å². The van der Waals surface area contributed by atoms with Crippen molar-refractivity contribution in [2.75, 3.05) is 19.6 Å². The number of imide groups is 1. The number of hydrogen-bond acceptors (Lipinski definition) is 4. The maximum absolute atomic E-state index is 13.1. The summed E-state index contributed by atoms with van der Waals surface area (Å²) in [7, 11) is 0. The molecule has 0 aromatic heterocycles. The van der Waals surface area contributed by atoms with Crippen LogP contribution in [-0.4, -0.2) is 53.2 Å². The van der Waals surface area contributed by atoms with Gasteiger partial charge in [0.25, 0.3) is 0 Å². The van der Waals surface area contributed by atoms with Crippen molar-refractivity contribution in [1.29, 1.82) is 0 Å². The van der Waals surface area contributed by atoms with Gasteiger partial charge in [-0.2, -0.15) is 0 Å². The third-order valence-corrected chi connectivity index (χ3v) is 6.64. The first-order valence-corrected chi connectivity index (χ1v) is 11.0. The monoisotopic (exact) mass is 419 g/mol. The van der Waals surface area contributed by atoms with Crippen LogP contribution in [-0.2, 0) is 14.4 Å². The Kier molecular flexibility index (Phi) is 6.47. The van der Waals surface area contributed by atoms with Gasteiger partial charge in [-0.15, -0.1) is 0 Å². The Morgan fingerprint density at radius 3 is 2.00 bits per heavy atom. The number of carbonyl (C=O) groups is 3. The zero-order valence-electron chi connectivity index (χ0n) is 17.7. The minimum atomic E-state index is -0.409. The maximum atomic E-state index is 13.1. The van der Waals surface area contributed by atoms with Crippen molar-refractivity contribution < 1.29 is 14.4 Å². The molecule has 0 radical (unpaired) electrons. The van der Waals surface area contributed by atoms with Crippen LogP contribution >= 0.6 is 0 Å². The number of piperidine rings is 1. The van der Waals surface area contributed by atoms with Gasteiger partial charge in [-0.3, -0.25) is 24.2 Å². The van der Waals surface area contributed by atoms with Gasteiger partial charge in [0.15, 0.2) is 0 Å². The quantitative estimate of drug-likeness (QED) is 0.699. The fraction of sp³-hybridized carbons (Fsp3) is 0.400. The molecule has 4 rings (SSSR count). The average Bonchev–Trinajstić information content (AvgIpc) is 3.09. The topological polar surface area (TPSA) is 83.7 Å². The fourth-order valence-electron chi connectivity index (χ4n) is 4.84. The number of benzene rings is 2. The van der Waals surface area contributed by atoms with Crippen molar-refractivity contribution in [3.05, 3.63) is 71.8 Å². The van der Waals surface area contributed by atoms with Gasteiger partial charge in [0.1, 0.15) is 0 Å². The molecule has 2 fully saturated rings. The van der Waals surface area contributed by atoms with Crippen molar-refractivity contribution >= 4 is 17.7 Å². The summed E-state index contributed by atoms with van der Waals surface area (Å²) in [5.41, 5.74) is 7.77. The van der Waals surface area contributed by atoms with Crippen molar-refractivity contribution in [3.63, 3.8) is 0 Å². The van der Waals surface area contributed by atoms with Crippen molar-refractivity contribution in [2.24, 2.45) is 11.7 Å². The predicted molar refractivity (Wildman–Crippen MR) is 118 cm³/mol. The van der Waals surface area contributed by atoms with Crippen LogP contribution in [0.4, 0.5) is 0 Å². The molecule has 2 aromatic rings. The summed E-state index contributed by atoms with van der Waals surface area (Å²) in [5.74, 6) is -0.498. The first-order valence-electron chi connectivity index (χ1n) is 11.0. The lowest BCUT2D eigenvalue weighted by molar-refractivity contribution is -0.140. The summed E-state index contributed by atoms with van der Waals surface area (Å²) in [6.07, 6.45) is 2.21. The second kappa shape index (κ2) is 9.43. The van der Waals surface area contributed by atoms with Crippen LogP contribution in [0, 0.1) is 5.92 Å². The third kappa shape index (κ3) is 4.69. The zero-order valence-corrected chi connectivity index (χ0v) is 17.7. The van der Waals surface area contributed by atoms with E-state index in [4.69, 9.17) is 5.73 Å². The first-order chi connectivity index (χ1) is 15.0. The molecule has 6 nitrogen and oxygen atoms in total. The molecule has 3 amide bonds. The van der Waals surface area contributed by atoms with E-state index in [1.165, 1.54) is 16.0 Å². The molecule has 2 aliphatic rings. The molecule has 2 N–H and O–H groups in total. The van der Waals surface area contributed by atoms with E-state index in [0.717, 1.165) is 0 Å². The molecule has 2 aliphatic heterocycles. The van der Waals surface area contributed by atoms with E-state index < -0.39 is 6.04 Å². The summed E-state index contributed by atoms with van der Waals surface area (Å²) in [6.45, 7) is 1.66. The molecular weight excluding hydrogens is 390 g/mol. The number of nitrogens with zero attached hydrogens (tertiary/aromatic N) is 2. The fourth-order valence-corrected chi connectivity index (χ4v) is 4.84. The van der Waals surface area contributed by atoms with E-state index in [2.05, 4.69) is 24.3 Å². The normalized spacial score (nSPS) is 20.5. The first kappa shape index (κ1) is 21.2. The highest BCUT2D eigenvalue weighted by molar-refractivity contribution is 6.05. The number of nitrogens with two attached hydrogens (primary N) is 1. The van der Waals surface area contributed by atoms with Crippen molar-refractivity contribution in [2.45, 2.75) is 37.6 Å². The molecular formula is C25H29N3O3. The Balaban J connectivity index is 1.43. The average molecular weight is 420 g/mol.